The maximum Gasteiger partial charge on any atom is 0.306 e. The summed E-state index contributed by atoms with van der Waals surface area (Å²) in [4.78, 5) is 19.5. The SMILES string of the molecule is CC(CCCc1cnc2ccccc2n1)C(=O)O. The summed E-state index contributed by atoms with van der Waals surface area (Å²) < 4.78 is 0. The van der Waals surface area contributed by atoms with Gasteiger partial charge in [-0.3, -0.25) is 9.78 Å². The van der Waals surface area contributed by atoms with Crippen molar-refractivity contribution in [3.8, 4) is 0 Å². The first-order chi connectivity index (χ1) is 8.66. The number of hydrogen-bond acceptors (Lipinski definition) is 3. The Hall–Kier alpha value is -1.97. The van der Waals surface area contributed by atoms with Crippen LogP contribution in [-0.4, -0.2) is 21.0 Å². The van der Waals surface area contributed by atoms with Crippen molar-refractivity contribution in [2.45, 2.75) is 26.2 Å². The fraction of sp³-hybridized carbons (Fsp3) is 0.357. The maximum atomic E-state index is 10.7. The van der Waals surface area contributed by atoms with E-state index >= 15 is 0 Å². The monoisotopic (exact) mass is 244 g/mol. The summed E-state index contributed by atoms with van der Waals surface area (Å²) in [6.07, 6.45) is 4.04. The molecule has 0 spiro atoms. The van der Waals surface area contributed by atoms with Gasteiger partial charge in [-0.05, 0) is 31.4 Å². The van der Waals surface area contributed by atoms with Crippen molar-refractivity contribution in [1.29, 1.82) is 0 Å². The fourth-order valence-electron chi connectivity index (χ4n) is 1.83. The molecule has 0 aliphatic carbocycles. The number of carbonyl (C=O) groups is 1. The van der Waals surface area contributed by atoms with Gasteiger partial charge in [-0.15, -0.1) is 0 Å². The van der Waals surface area contributed by atoms with Crippen LogP contribution in [0.5, 0.6) is 0 Å². The number of aromatic nitrogens is 2. The van der Waals surface area contributed by atoms with Gasteiger partial charge in [0.25, 0.3) is 0 Å². The Bertz CT molecular complexity index is 554. The standard InChI is InChI=1S/C14H16N2O2/c1-10(14(17)18)5-4-6-11-9-15-12-7-2-3-8-13(12)16-11/h2-3,7-10H,4-6H2,1H3,(H,17,18). The molecule has 2 rings (SSSR count). The van der Waals surface area contributed by atoms with Crippen molar-refractivity contribution >= 4 is 17.0 Å². The molecule has 0 aliphatic heterocycles. The highest BCUT2D eigenvalue weighted by atomic mass is 16.4. The van der Waals surface area contributed by atoms with Gasteiger partial charge in [0, 0.05) is 6.20 Å². The van der Waals surface area contributed by atoms with Crippen LogP contribution in [0.1, 0.15) is 25.5 Å². The quantitative estimate of drug-likeness (QED) is 0.878. The molecule has 1 atom stereocenters. The lowest BCUT2D eigenvalue weighted by atomic mass is 10.0. The number of benzene rings is 1. The Labute approximate surface area is 106 Å². The van der Waals surface area contributed by atoms with Gasteiger partial charge in [-0.2, -0.15) is 0 Å². The van der Waals surface area contributed by atoms with Gasteiger partial charge in [0.15, 0.2) is 0 Å². The number of carboxylic acid groups (broad SMARTS) is 1. The molecule has 1 aromatic carbocycles. The predicted molar refractivity (Wildman–Crippen MR) is 69.3 cm³/mol. The zero-order valence-corrected chi connectivity index (χ0v) is 10.3. The van der Waals surface area contributed by atoms with Crippen molar-refractivity contribution in [2.75, 3.05) is 0 Å². The molecule has 0 radical (unpaired) electrons. The smallest absolute Gasteiger partial charge is 0.306 e. The van der Waals surface area contributed by atoms with Crippen LogP contribution < -0.4 is 0 Å². The van der Waals surface area contributed by atoms with E-state index in [9.17, 15) is 4.79 Å². The van der Waals surface area contributed by atoms with Crippen LogP contribution in [0, 0.1) is 5.92 Å². The predicted octanol–water partition coefficient (Wildman–Crippen LogP) is 2.67. The Morgan fingerprint density at radius 3 is 2.78 bits per heavy atom. The van der Waals surface area contributed by atoms with Crippen molar-refractivity contribution in [1.82, 2.24) is 9.97 Å². The number of aliphatic carboxylic acids is 1. The number of nitrogens with zero attached hydrogens (tertiary/aromatic N) is 2. The molecule has 0 saturated carbocycles. The molecule has 1 aromatic heterocycles. The van der Waals surface area contributed by atoms with Crippen LogP contribution in [0.4, 0.5) is 0 Å². The summed E-state index contributed by atoms with van der Waals surface area (Å²) in [5, 5.41) is 8.79. The van der Waals surface area contributed by atoms with E-state index in [1.54, 1.807) is 13.1 Å². The molecule has 94 valence electrons. The Morgan fingerprint density at radius 1 is 1.33 bits per heavy atom. The van der Waals surface area contributed by atoms with E-state index in [1.165, 1.54) is 0 Å². The number of rotatable bonds is 5. The van der Waals surface area contributed by atoms with Crippen LogP contribution in [-0.2, 0) is 11.2 Å². The fourth-order valence-corrected chi connectivity index (χ4v) is 1.83. The summed E-state index contributed by atoms with van der Waals surface area (Å²) in [5.74, 6) is -1.03. The highest BCUT2D eigenvalue weighted by Gasteiger charge is 2.10. The molecule has 0 bridgehead atoms. The number of aryl methyl sites for hydroxylation is 1. The maximum absolute atomic E-state index is 10.7. The minimum atomic E-state index is -0.736. The average Bonchev–Trinajstić information content (AvgIpc) is 2.38. The lowest BCUT2D eigenvalue weighted by Crippen LogP contribution is -2.09. The third kappa shape index (κ3) is 3.03. The van der Waals surface area contributed by atoms with Crippen molar-refractivity contribution in [2.24, 2.45) is 5.92 Å². The first kappa shape index (κ1) is 12.5. The van der Waals surface area contributed by atoms with Crippen molar-refractivity contribution < 1.29 is 9.90 Å². The largest absolute Gasteiger partial charge is 0.481 e. The van der Waals surface area contributed by atoms with Gasteiger partial charge in [0.05, 0.1) is 22.6 Å². The number of para-hydroxylation sites is 2. The zero-order valence-electron chi connectivity index (χ0n) is 10.3. The second-order valence-corrected chi connectivity index (χ2v) is 4.48. The second kappa shape index (κ2) is 5.58. The van der Waals surface area contributed by atoms with E-state index in [1.807, 2.05) is 24.3 Å². The van der Waals surface area contributed by atoms with Crippen LogP contribution >= 0.6 is 0 Å². The van der Waals surface area contributed by atoms with Gasteiger partial charge in [0.2, 0.25) is 0 Å². The Balaban J connectivity index is 1.98. The second-order valence-electron chi connectivity index (χ2n) is 4.48. The topological polar surface area (TPSA) is 63.1 Å². The molecule has 4 heteroatoms. The van der Waals surface area contributed by atoms with Crippen molar-refractivity contribution in [3.63, 3.8) is 0 Å². The molecule has 1 heterocycles. The van der Waals surface area contributed by atoms with Crippen LogP contribution in [0.25, 0.3) is 11.0 Å². The van der Waals surface area contributed by atoms with Gasteiger partial charge >= 0.3 is 5.97 Å². The van der Waals surface area contributed by atoms with Gasteiger partial charge in [-0.1, -0.05) is 19.1 Å². The van der Waals surface area contributed by atoms with Crippen LogP contribution in [0.15, 0.2) is 30.5 Å². The Kier molecular flexibility index (Phi) is 3.87. The third-order valence-corrected chi connectivity index (χ3v) is 2.99. The minimum Gasteiger partial charge on any atom is -0.481 e. The molecule has 1 N–H and O–H groups in total. The number of hydrogen-bond donors (Lipinski definition) is 1. The lowest BCUT2D eigenvalue weighted by Gasteiger charge is -2.05. The van der Waals surface area contributed by atoms with Crippen LogP contribution in [0.2, 0.25) is 0 Å². The summed E-state index contributed by atoms with van der Waals surface area (Å²) in [7, 11) is 0. The normalized spacial score (nSPS) is 12.5. The number of carboxylic acids is 1. The molecule has 4 nitrogen and oxygen atoms in total. The van der Waals surface area contributed by atoms with Crippen molar-refractivity contribution in [3.05, 3.63) is 36.2 Å². The highest BCUT2D eigenvalue weighted by Crippen LogP contribution is 2.12. The lowest BCUT2D eigenvalue weighted by molar-refractivity contribution is -0.141. The molecule has 0 fully saturated rings. The zero-order chi connectivity index (χ0) is 13.0. The number of fused-ring (bicyclic) bond motifs is 1. The van der Waals surface area contributed by atoms with Gasteiger partial charge < -0.3 is 5.11 Å². The molecular formula is C14H16N2O2. The van der Waals surface area contributed by atoms with E-state index < -0.39 is 5.97 Å². The molecule has 0 aliphatic rings. The summed E-state index contributed by atoms with van der Waals surface area (Å²) in [5.41, 5.74) is 2.70. The summed E-state index contributed by atoms with van der Waals surface area (Å²) in [6.45, 7) is 1.73. The molecule has 18 heavy (non-hydrogen) atoms. The molecule has 2 aromatic rings. The Morgan fingerprint density at radius 2 is 2.06 bits per heavy atom. The summed E-state index contributed by atoms with van der Waals surface area (Å²) in [6, 6.07) is 7.74. The van der Waals surface area contributed by atoms with E-state index in [0.717, 1.165) is 29.6 Å². The first-order valence-corrected chi connectivity index (χ1v) is 6.10. The molecule has 1 unspecified atom stereocenters. The van der Waals surface area contributed by atoms with E-state index in [-0.39, 0.29) is 5.92 Å². The van der Waals surface area contributed by atoms with E-state index in [0.29, 0.717) is 6.42 Å². The van der Waals surface area contributed by atoms with E-state index in [2.05, 4.69) is 9.97 Å². The van der Waals surface area contributed by atoms with Gasteiger partial charge in [0.1, 0.15) is 0 Å². The molecule has 0 saturated heterocycles. The summed E-state index contributed by atoms with van der Waals surface area (Å²) >= 11 is 0. The highest BCUT2D eigenvalue weighted by molar-refractivity contribution is 5.73. The first-order valence-electron chi connectivity index (χ1n) is 6.10. The van der Waals surface area contributed by atoms with Gasteiger partial charge in [-0.25, -0.2) is 4.98 Å². The molecule has 0 amide bonds. The molecular weight excluding hydrogens is 228 g/mol. The average molecular weight is 244 g/mol. The third-order valence-electron chi connectivity index (χ3n) is 2.99. The minimum absolute atomic E-state index is 0.293. The van der Waals surface area contributed by atoms with Crippen LogP contribution in [0.3, 0.4) is 0 Å². The van der Waals surface area contributed by atoms with E-state index in [4.69, 9.17) is 5.11 Å².